The first-order valence-corrected chi connectivity index (χ1v) is 5.94. The lowest BCUT2D eigenvalue weighted by Crippen LogP contribution is -2.04. The van der Waals surface area contributed by atoms with Gasteiger partial charge >= 0.3 is 0 Å². The zero-order chi connectivity index (χ0) is 13.1. The Labute approximate surface area is 111 Å². The quantitative estimate of drug-likeness (QED) is 0.783. The van der Waals surface area contributed by atoms with Crippen LogP contribution in [-0.2, 0) is 0 Å². The summed E-state index contributed by atoms with van der Waals surface area (Å²) in [6.45, 7) is 1.94. The highest BCUT2D eigenvalue weighted by Gasteiger charge is 2.14. The zero-order valence-electron chi connectivity index (χ0n) is 10.2. The normalized spacial score (nSPS) is 10.2. The van der Waals surface area contributed by atoms with E-state index in [0.29, 0.717) is 21.9 Å². The van der Waals surface area contributed by atoms with Gasteiger partial charge in [-0.25, -0.2) is 0 Å². The molecule has 2 nitrogen and oxygen atoms in total. The van der Waals surface area contributed by atoms with Gasteiger partial charge in [0.2, 0.25) is 0 Å². The second-order valence-electron chi connectivity index (χ2n) is 4.04. The molecular formula is C15H13ClO2. The van der Waals surface area contributed by atoms with Gasteiger partial charge in [0.15, 0.2) is 5.78 Å². The fraction of sp³-hybridized carbons (Fsp3) is 0.133. The highest BCUT2D eigenvalue weighted by atomic mass is 35.5. The van der Waals surface area contributed by atoms with Gasteiger partial charge in [0, 0.05) is 10.6 Å². The van der Waals surface area contributed by atoms with E-state index in [1.165, 1.54) is 0 Å². The largest absolute Gasteiger partial charge is 0.496 e. The van der Waals surface area contributed by atoms with Crippen LogP contribution < -0.4 is 4.74 Å². The molecule has 0 atom stereocenters. The molecule has 0 N–H and O–H groups in total. The summed E-state index contributed by atoms with van der Waals surface area (Å²) in [7, 11) is 1.56. The summed E-state index contributed by atoms with van der Waals surface area (Å²) in [5, 5.41) is 0.614. The number of aryl methyl sites for hydroxylation is 1. The average molecular weight is 261 g/mol. The van der Waals surface area contributed by atoms with Gasteiger partial charge in [0.25, 0.3) is 0 Å². The second-order valence-corrected chi connectivity index (χ2v) is 4.48. The topological polar surface area (TPSA) is 26.3 Å². The lowest BCUT2D eigenvalue weighted by molar-refractivity contribution is 0.103. The van der Waals surface area contributed by atoms with Gasteiger partial charge in [0.1, 0.15) is 5.75 Å². The standard InChI is InChI=1S/C15H13ClO2/c1-10-3-8-14(18-2)13(9-10)15(17)11-4-6-12(16)7-5-11/h3-9H,1-2H3. The van der Waals surface area contributed by atoms with Gasteiger partial charge in [-0.1, -0.05) is 23.2 Å². The first kappa shape index (κ1) is 12.7. The van der Waals surface area contributed by atoms with E-state index in [9.17, 15) is 4.79 Å². The molecule has 3 heteroatoms. The molecule has 2 aromatic carbocycles. The Balaban J connectivity index is 2.45. The molecule has 0 amide bonds. The molecule has 2 aromatic rings. The maximum Gasteiger partial charge on any atom is 0.196 e. The highest BCUT2D eigenvalue weighted by molar-refractivity contribution is 6.30. The Morgan fingerprint density at radius 2 is 1.78 bits per heavy atom. The first-order chi connectivity index (χ1) is 8.61. The van der Waals surface area contributed by atoms with Crippen molar-refractivity contribution >= 4 is 17.4 Å². The van der Waals surface area contributed by atoms with Crippen LogP contribution in [0.1, 0.15) is 21.5 Å². The summed E-state index contributed by atoms with van der Waals surface area (Å²) in [4.78, 5) is 12.4. The van der Waals surface area contributed by atoms with E-state index in [1.54, 1.807) is 37.4 Å². The molecule has 18 heavy (non-hydrogen) atoms. The minimum atomic E-state index is -0.0628. The van der Waals surface area contributed by atoms with Crippen LogP contribution >= 0.6 is 11.6 Å². The van der Waals surface area contributed by atoms with Crippen LogP contribution in [0.15, 0.2) is 42.5 Å². The molecule has 92 valence electrons. The predicted molar refractivity (Wildman–Crippen MR) is 72.6 cm³/mol. The van der Waals surface area contributed by atoms with Crippen LogP contribution in [0, 0.1) is 6.92 Å². The van der Waals surface area contributed by atoms with Crippen molar-refractivity contribution in [3.63, 3.8) is 0 Å². The molecule has 0 unspecified atom stereocenters. The summed E-state index contributed by atoms with van der Waals surface area (Å²) in [5.41, 5.74) is 2.19. The molecule has 0 bridgehead atoms. The number of ether oxygens (including phenoxy) is 1. The molecule has 2 rings (SSSR count). The number of methoxy groups -OCH3 is 1. The van der Waals surface area contributed by atoms with Crippen molar-refractivity contribution in [2.45, 2.75) is 6.92 Å². The minimum Gasteiger partial charge on any atom is -0.496 e. The number of halogens is 1. The van der Waals surface area contributed by atoms with E-state index in [0.717, 1.165) is 5.56 Å². The maximum absolute atomic E-state index is 12.4. The van der Waals surface area contributed by atoms with Crippen LogP contribution in [0.4, 0.5) is 0 Å². The molecular weight excluding hydrogens is 248 g/mol. The molecule has 0 saturated carbocycles. The number of benzene rings is 2. The molecule has 0 saturated heterocycles. The van der Waals surface area contributed by atoms with Crippen molar-refractivity contribution in [3.8, 4) is 5.75 Å². The second kappa shape index (κ2) is 5.23. The Morgan fingerprint density at radius 3 is 2.39 bits per heavy atom. The van der Waals surface area contributed by atoms with E-state index in [2.05, 4.69) is 0 Å². The first-order valence-electron chi connectivity index (χ1n) is 5.56. The van der Waals surface area contributed by atoms with Crippen LogP contribution in [0.5, 0.6) is 5.75 Å². The van der Waals surface area contributed by atoms with E-state index in [4.69, 9.17) is 16.3 Å². The SMILES string of the molecule is COc1ccc(C)cc1C(=O)c1ccc(Cl)cc1. The van der Waals surface area contributed by atoms with Crippen molar-refractivity contribution in [2.75, 3.05) is 7.11 Å². The third-order valence-corrected chi connectivity index (χ3v) is 2.96. The number of hydrogen-bond donors (Lipinski definition) is 0. The van der Waals surface area contributed by atoms with Crippen molar-refractivity contribution in [2.24, 2.45) is 0 Å². The molecule has 0 spiro atoms. The van der Waals surface area contributed by atoms with Crippen LogP contribution in [-0.4, -0.2) is 12.9 Å². The molecule has 0 aliphatic carbocycles. The van der Waals surface area contributed by atoms with Gasteiger partial charge in [0.05, 0.1) is 12.7 Å². The fourth-order valence-electron chi connectivity index (χ4n) is 1.76. The predicted octanol–water partition coefficient (Wildman–Crippen LogP) is 3.89. The summed E-state index contributed by atoms with van der Waals surface area (Å²) in [6.07, 6.45) is 0. The third-order valence-electron chi connectivity index (χ3n) is 2.71. The number of rotatable bonds is 3. The zero-order valence-corrected chi connectivity index (χ0v) is 11.0. The summed E-state index contributed by atoms with van der Waals surface area (Å²) in [5.74, 6) is 0.521. The van der Waals surface area contributed by atoms with Crippen molar-refractivity contribution in [1.29, 1.82) is 0 Å². The monoisotopic (exact) mass is 260 g/mol. The molecule has 0 radical (unpaired) electrons. The Bertz CT molecular complexity index is 574. The lowest BCUT2D eigenvalue weighted by Gasteiger charge is -2.08. The molecule has 0 aliphatic heterocycles. The Kier molecular flexibility index (Phi) is 3.68. The van der Waals surface area contributed by atoms with Crippen LogP contribution in [0.3, 0.4) is 0 Å². The van der Waals surface area contributed by atoms with Crippen molar-refractivity contribution in [1.82, 2.24) is 0 Å². The van der Waals surface area contributed by atoms with E-state index >= 15 is 0 Å². The number of ketones is 1. The maximum atomic E-state index is 12.4. The fourth-order valence-corrected chi connectivity index (χ4v) is 1.88. The minimum absolute atomic E-state index is 0.0628. The van der Waals surface area contributed by atoms with Gasteiger partial charge in [-0.15, -0.1) is 0 Å². The molecule has 0 aliphatic rings. The van der Waals surface area contributed by atoms with Gasteiger partial charge in [-0.05, 0) is 43.3 Å². The Morgan fingerprint density at radius 1 is 1.11 bits per heavy atom. The van der Waals surface area contributed by atoms with Crippen LogP contribution in [0.2, 0.25) is 5.02 Å². The molecule has 0 aromatic heterocycles. The highest BCUT2D eigenvalue weighted by Crippen LogP contribution is 2.23. The van der Waals surface area contributed by atoms with Gasteiger partial charge in [-0.3, -0.25) is 4.79 Å². The lowest BCUT2D eigenvalue weighted by atomic mass is 10.0. The van der Waals surface area contributed by atoms with Gasteiger partial charge in [-0.2, -0.15) is 0 Å². The van der Waals surface area contributed by atoms with Crippen LogP contribution in [0.25, 0.3) is 0 Å². The summed E-state index contributed by atoms with van der Waals surface area (Å²) >= 11 is 5.81. The molecule has 0 fully saturated rings. The van der Waals surface area contributed by atoms with E-state index in [1.807, 2.05) is 19.1 Å². The van der Waals surface area contributed by atoms with E-state index in [-0.39, 0.29) is 5.78 Å². The van der Waals surface area contributed by atoms with Gasteiger partial charge < -0.3 is 4.74 Å². The summed E-state index contributed by atoms with van der Waals surface area (Å²) < 4.78 is 5.22. The number of carbonyl (C=O) groups is 1. The number of hydrogen-bond acceptors (Lipinski definition) is 2. The number of carbonyl (C=O) groups excluding carboxylic acids is 1. The van der Waals surface area contributed by atoms with Crippen molar-refractivity contribution in [3.05, 3.63) is 64.2 Å². The molecule has 0 heterocycles. The van der Waals surface area contributed by atoms with Crippen molar-refractivity contribution < 1.29 is 9.53 Å². The van der Waals surface area contributed by atoms with E-state index < -0.39 is 0 Å². The third kappa shape index (κ3) is 2.54. The average Bonchev–Trinajstić information content (AvgIpc) is 2.39. The summed E-state index contributed by atoms with van der Waals surface area (Å²) in [6, 6.07) is 12.4. The smallest absolute Gasteiger partial charge is 0.196 e. The Hall–Kier alpha value is -1.80.